The minimum Gasteiger partial charge on any atom is -0.310 e. The highest BCUT2D eigenvalue weighted by Gasteiger charge is 2.18. The molecule has 0 saturated heterocycles. The molecule has 1 aromatic carbocycles. The highest BCUT2D eigenvalue weighted by molar-refractivity contribution is 5.64. The van der Waals surface area contributed by atoms with Crippen LogP contribution in [0.3, 0.4) is 0 Å². The summed E-state index contributed by atoms with van der Waals surface area (Å²) in [7, 11) is 0. The van der Waals surface area contributed by atoms with Gasteiger partial charge in [-0.25, -0.2) is 9.18 Å². The SMILES string of the molecule is O=c1nc(-c2ccc(F)cc2)c2c([nH]1)CCC2. The summed E-state index contributed by atoms with van der Waals surface area (Å²) in [5.74, 6) is -0.282. The summed E-state index contributed by atoms with van der Waals surface area (Å²) >= 11 is 0. The predicted octanol–water partition coefficient (Wildman–Crippen LogP) is 2.06. The minimum atomic E-state index is -0.329. The first-order valence-electron chi connectivity index (χ1n) is 5.62. The van der Waals surface area contributed by atoms with Crippen molar-refractivity contribution >= 4 is 0 Å². The van der Waals surface area contributed by atoms with E-state index in [1.54, 1.807) is 12.1 Å². The van der Waals surface area contributed by atoms with E-state index in [9.17, 15) is 9.18 Å². The van der Waals surface area contributed by atoms with E-state index in [1.165, 1.54) is 12.1 Å². The first kappa shape index (κ1) is 10.2. The van der Waals surface area contributed by atoms with Gasteiger partial charge in [0, 0.05) is 11.3 Å². The van der Waals surface area contributed by atoms with Gasteiger partial charge >= 0.3 is 5.69 Å². The van der Waals surface area contributed by atoms with E-state index >= 15 is 0 Å². The van der Waals surface area contributed by atoms with Crippen molar-refractivity contribution in [2.24, 2.45) is 0 Å². The molecule has 0 saturated carbocycles. The van der Waals surface area contributed by atoms with Crippen molar-refractivity contribution < 1.29 is 4.39 Å². The fourth-order valence-electron chi connectivity index (χ4n) is 2.32. The summed E-state index contributed by atoms with van der Waals surface area (Å²) in [6.45, 7) is 0. The fourth-order valence-corrected chi connectivity index (χ4v) is 2.32. The lowest BCUT2D eigenvalue weighted by Gasteiger charge is -2.06. The van der Waals surface area contributed by atoms with Gasteiger partial charge in [0.15, 0.2) is 0 Å². The zero-order valence-electron chi connectivity index (χ0n) is 9.16. The van der Waals surface area contributed by atoms with Crippen LogP contribution in [0.4, 0.5) is 4.39 Å². The van der Waals surface area contributed by atoms with Crippen LogP contribution in [0.25, 0.3) is 11.3 Å². The summed E-state index contributed by atoms with van der Waals surface area (Å²) < 4.78 is 12.9. The quantitative estimate of drug-likeness (QED) is 0.815. The Balaban J connectivity index is 2.21. The van der Waals surface area contributed by atoms with Crippen LogP contribution in [-0.2, 0) is 12.8 Å². The lowest BCUT2D eigenvalue weighted by molar-refractivity contribution is 0.628. The van der Waals surface area contributed by atoms with Crippen molar-refractivity contribution in [2.45, 2.75) is 19.3 Å². The van der Waals surface area contributed by atoms with Gasteiger partial charge in [-0.2, -0.15) is 4.98 Å². The van der Waals surface area contributed by atoms with E-state index in [0.717, 1.165) is 36.1 Å². The Kier molecular flexibility index (Phi) is 2.28. The molecule has 86 valence electrons. The summed E-state index contributed by atoms with van der Waals surface area (Å²) in [5.41, 5.74) is 3.24. The molecule has 3 nitrogen and oxygen atoms in total. The zero-order chi connectivity index (χ0) is 11.8. The van der Waals surface area contributed by atoms with Gasteiger partial charge in [-0.3, -0.25) is 0 Å². The van der Waals surface area contributed by atoms with Gasteiger partial charge in [-0.1, -0.05) is 0 Å². The number of nitrogens with one attached hydrogen (secondary N) is 1. The first-order valence-corrected chi connectivity index (χ1v) is 5.62. The van der Waals surface area contributed by atoms with E-state index in [4.69, 9.17) is 0 Å². The number of fused-ring (bicyclic) bond motifs is 1. The number of hydrogen-bond donors (Lipinski definition) is 1. The number of aryl methyl sites for hydroxylation is 1. The second-order valence-electron chi connectivity index (χ2n) is 4.21. The van der Waals surface area contributed by atoms with Crippen LogP contribution in [0.5, 0.6) is 0 Å². The molecule has 0 spiro atoms. The van der Waals surface area contributed by atoms with Crippen LogP contribution in [-0.4, -0.2) is 9.97 Å². The number of aromatic nitrogens is 2. The highest BCUT2D eigenvalue weighted by Crippen LogP contribution is 2.28. The van der Waals surface area contributed by atoms with Crippen LogP contribution in [0.1, 0.15) is 17.7 Å². The molecule has 1 aromatic heterocycles. The topological polar surface area (TPSA) is 45.8 Å². The highest BCUT2D eigenvalue weighted by atomic mass is 19.1. The van der Waals surface area contributed by atoms with Gasteiger partial charge in [0.05, 0.1) is 5.69 Å². The normalized spacial score (nSPS) is 13.7. The monoisotopic (exact) mass is 230 g/mol. The molecule has 0 aliphatic heterocycles. The van der Waals surface area contributed by atoms with Gasteiger partial charge in [0.1, 0.15) is 5.82 Å². The number of benzene rings is 1. The van der Waals surface area contributed by atoms with E-state index in [-0.39, 0.29) is 11.5 Å². The molecule has 0 radical (unpaired) electrons. The molecule has 1 aliphatic rings. The van der Waals surface area contributed by atoms with E-state index in [0.29, 0.717) is 5.69 Å². The number of rotatable bonds is 1. The van der Waals surface area contributed by atoms with E-state index in [1.807, 2.05) is 0 Å². The molecule has 1 aliphatic carbocycles. The van der Waals surface area contributed by atoms with Crippen molar-refractivity contribution in [2.75, 3.05) is 0 Å². The first-order chi connectivity index (χ1) is 8.24. The third-order valence-electron chi connectivity index (χ3n) is 3.09. The molecule has 0 unspecified atom stereocenters. The van der Waals surface area contributed by atoms with Crippen LogP contribution >= 0.6 is 0 Å². The Morgan fingerprint density at radius 3 is 2.71 bits per heavy atom. The molecule has 17 heavy (non-hydrogen) atoms. The molecule has 2 aromatic rings. The number of halogens is 1. The van der Waals surface area contributed by atoms with Crippen LogP contribution in [0.2, 0.25) is 0 Å². The number of H-pyrrole nitrogens is 1. The molecule has 0 amide bonds. The third kappa shape index (κ3) is 1.75. The van der Waals surface area contributed by atoms with Crippen molar-refractivity contribution in [3.8, 4) is 11.3 Å². The van der Waals surface area contributed by atoms with Gasteiger partial charge in [-0.15, -0.1) is 0 Å². The smallest absolute Gasteiger partial charge is 0.310 e. The Hall–Kier alpha value is -1.97. The number of aromatic amines is 1. The maximum atomic E-state index is 12.9. The Bertz CT molecular complexity index is 616. The molecule has 3 rings (SSSR count). The lowest BCUT2D eigenvalue weighted by Crippen LogP contribution is -2.14. The molecule has 0 atom stereocenters. The standard InChI is InChI=1S/C13H11FN2O/c14-9-6-4-8(5-7-9)12-10-2-1-3-11(10)15-13(17)16-12/h4-7H,1-3H2,(H,15,16,17). The molecule has 4 heteroatoms. The summed E-state index contributed by atoms with van der Waals surface area (Å²) in [5, 5.41) is 0. The third-order valence-corrected chi connectivity index (χ3v) is 3.09. The number of nitrogens with zero attached hydrogens (tertiary/aromatic N) is 1. The summed E-state index contributed by atoms with van der Waals surface area (Å²) in [6.07, 6.45) is 2.85. The van der Waals surface area contributed by atoms with Gasteiger partial charge < -0.3 is 4.98 Å². The van der Waals surface area contributed by atoms with Crippen molar-refractivity contribution in [1.82, 2.24) is 9.97 Å². The predicted molar refractivity (Wildman–Crippen MR) is 62.3 cm³/mol. The van der Waals surface area contributed by atoms with Crippen LogP contribution < -0.4 is 5.69 Å². The average Bonchev–Trinajstić information content (AvgIpc) is 2.77. The van der Waals surface area contributed by atoms with Crippen LogP contribution in [0, 0.1) is 5.82 Å². The van der Waals surface area contributed by atoms with Gasteiger partial charge in [0.25, 0.3) is 0 Å². The van der Waals surface area contributed by atoms with E-state index < -0.39 is 0 Å². The number of hydrogen-bond acceptors (Lipinski definition) is 2. The molecule has 1 N–H and O–H groups in total. The zero-order valence-corrected chi connectivity index (χ0v) is 9.16. The largest absolute Gasteiger partial charge is 0.345 e. The van der Waals surface area contributed by atoms with Gasteiger partial charge in [0.2, 0.25) is 0 Å². The summed E-state index contributed by atoms with van der Waals surface area (Å²) in [6, 6.07) is 6.10. The Labute approximate surface area is 97.3 Å². The van der Waals surface area contributed by atoms with Crippen LogP contribution in [0.15, 0.2) is 29.1 Å². The van der Waals surface area contributed by atoms with Crippen molar-refractivity contribution in [3.05, 3.63) is 51.8 Å². The van der Waals surface area contributed by atoms with E-state index in [2.05, 4.69) is 9.97 Å². The average molecular weight is 230 g/mol. The second-order valence-corrected chi connectivity index (χ2v) is 4.21. The van der Waals surface area contributed by atoms with Crippen molar-refractivity contribution in [3.63, 3.8) is 0 Å². The molecule has 1 heterocycles. The maximum absolute atomic E-state index is 12.9. The molecular formula is C13H11FN2O. The summed E-state index contributed by atoms with van der Waals surface area (Å²) in [4.78, 5) is 18.2. The van der Waals surface area contributed by atoms with Crippen molar-refractivity contribution in [1.29, 1.82) is 0 Å². The molecular weight excluding hydrogens is 219 g/mol. The van der Waals surface area contributed by atoms with Gasteiger partial charge in [-0.05, 0) is 49.1 Å². The maximum Gasteiger partial charge on any atom is 0.345 e. The second kappa shape index (κ2) is 3.80. The molecule has 0 fully saturated rings. The Morgan fingerprint density at radius 2 is 1.94 bits per heavy atom. The Morgan fingerprint density at radius 1 is 1.18 bits per heavy atom. The molecule has 0 bridgehead atoms. The fraction of sp³-hybridized carbons (Fsp3) is 0.231. The minimum absolute atomic E-state index is 0.282. The lowest BCUT2D eigenvalue weighted by atomic mass is 10.1.